The summed E-state index contributed by atoms with van der Waals surface area (Å²) in [6, 6.07) is 4.00. The Hall–Kier alpha value is -3.52. The van der Waals surface area contributed by atoms with Crippen LogP contribution in [0.1, 0.15) is 79.5 Å². The molecule has 1 saturated heterocycles. The van der Waals surface area contributed by atoms with Crippen molar-refractivity contribution in [3.05, 3.63) is 65.3 Å². The van der Waals surface area contributed by atoms with Crippen molar-refractivity contribution in [3.63, 3.8) is 0 Å². The molecule has 0 radical (unpaired) electrons. The molecule has 0 saturated carbocycles. The van der Waals surface area contributed by atoms with E-state index in [1.807, 2.05) is 13.0 Å². The summed E-state index contributed by atoms with van der Waals surface area (Å²) in [5, 5.41) is 5.36. The highest BCUT2D eigenvalue weighted by molar-refractivity contribution is 6.25. The van der Waals surface area contributed by atoms with E-state index in [2.05, 4.69) is 35.1 Å². The normalized spacial score (nSPS) is 17.9. The zero-order chi connectivity index (χ0) is 27.5. The van der Waals surface area contributed by atoms with Gasteiger partial charge in [-0.05, 0) is 57.0 Å². The average molecular weight is 521 g/mol. The Kier molecular flexibility index (Phi) is 11.0. The van der Waals surface area contributed by atoms with Gasteiger partial charge in [0.05, 0.1) is 11.1 Å². The molecule has 0 bridgehead atoms. The number of amides is 4. The molecule has 38 heavy (non-hydrogen) atoms. The first-order valence-corrected chi connectivity index (χ1v) is 13.6. The third kappa shape index (κ3) is 7.28. The van der Waals surface area contributed by atoms with Crippen LogP contribution < -0.4 is 10.6 Å². The fraction of sp³-hybridized carbons (Fsp3) is 0.467. The second kappa shape index (κ2) is 14.4. The minimum absolute atomic E-state index is 0.240. The van der Waals surface area contributed by atoms with Crippen molar-refractivity contribution in [2.75, 3.05) is 31.5 Å². The first-order valence-electron chi connectivity index (χ1n) is 13.6. The quantitative estimate of drug-likeness (QED) is 0.240. The molecule has 1 aromatic rings. The number of rotatable bonds is 12. The van der Waals surface area contributed by atoms with Crippen molar-refractivity contribution in [1.82, 2.24) is 15.1 Å². The summed E-state index contributed by atoms with van der Waals surface area (Å²) >= 11 is 0. The maximum Gasteiger partial charge on any atom is 0.264 e. The van der Waals surface area contributed by atoms with Gasteiger partial charge in [0.2, 0.25) is 12.3 Å². The number of hydrogen-bond acceptors (Lipinski definition) is 6. The largest absolute Gasteiger partial charge is 0.380 e. The lowest BCUT2D eigenvalue weighted by Crippen LogP contribution is -2.49. The number of anilines is 1. The van der Waals surface area contributed by atoms with Gasteiger partial charge in [0.25, 0.3) is 11.8 Å². The first-order chi connectivity index (χ1) is 18.4. The van der Waals surface area contributed by atoms with Crippen LogP contribution in [-0.2, 0) is 9.59 Å². The summed E-state index contributed by atoms with van der Waals surface area (Å²) in [4.78, 5) is 53.3. The minimum Gasteiger partial charge on any atom is -0.380 e. The van der Waals surface area contributed by atoms with Gasteiger partial charge in [0, 0.05) is 18.8 Å². The maximum absolute atomic E-state index is 13.4. The van der Waals surface area contributed by atoms with Crippen molar-refractivity contribution in [3.8, 4) is 0 Å². The highest BCUT2D eigenvalue weighted by Crippen LogP contribution is 2.32. The predicted octanol–water partition coefficient (Wildman–Crippen LogP) is 4.46. The molecule has 8 heteroatoms. The molecule has 2 aliphatic heterocycles. The molecular weight excluding hydrogens is 480 g/mol. The van der Waals surface area contributed by atoms with Crippen LogP contribution in [0.5, 0.6) is 0 Å². The molecule has 3 rings (SSSR count). The second-order valence-corrected chi connectivity index (χ2v) is 10.00. The van der Waals surface area contributed by atoms with Crippen molar-refractivity contribution in [1.29, 1.82) is 0 Å². The topological polar surface area (TPSA) is 98.8 Å². The van der Waals surface area contributed by atoms with Crippen molar-refractivity contribution < 1.29 is 19.2 Å². The van der Waals surface area contributed by atoms with E-state index in [1.165, 1.54) is 37.7 Å². The van der Waals surface area contributed by atoms with Gasteiger partial charge in [-0.15, -0.1) is 0 Å². The third-order valence-electron chi connectivity index (χ3n) is 7.07. The standard InChI is InChI=1S/C30H40N4O4/c1-4-12-26(28(36)32-21-35)34-29(37)24-13-11-14-25(27(24)30(34)38)31-19-23(5-2)16-15-22(3)20-33-17-9-7-6-8-10-18-33/h5,11,13-16,21,26,31H,2,4,6-10,12,17-20H2,1,3H3,(H,32,35,36)/b22-15+,23-16+. The van der Waals surface area contributed by atoms with E-state index in [1.54, 1.807) is 24.3 Å². The van der Waals surface area contributed by atoms with E-state index in [0.717, 1.165) is 30.1 Å². The van der Waals surface area contributed by atoms with E-state index < -0.39 is 23.8 Å². The Morgan fingerprint density at radius 3 is 2.45 bits per heavy atom. The number of nitrogens with zero attached hydrogens (tertiary/aromatic N) is 2. The summed E-state index contributed by atoms with van der Waals surface area (Å²) in [7, 11) is 0. The molecule has 1 aromatic carbocycles. The van der Waals surface area contributed by atoms with E-state index in [4.69, 9.17) is 0 Å². The number of hydrogen-bond donors (Lipinski definition) is 2. The molecule has 2 heterocycles. The summed E-state index contributed by atoms with van der Waals surface area (Å²) < 4.78 is 0. The highest BCUT2D eigenvalue weighted by atomic mass is 16.2. The lowest BCUT2D eigenvalue weighted by atomic mass is 10.1. The van der Waals surface area contributed by atoms with Gasteiger partial charge >= 0.3 is 0 Å². The molecule has 204 valence electrons. The molecule has 0 aromatic heterocycles. The lowest BCUT2D eigenvalue weighted by Gasteiger charge is -2.24. The van der Waals surface area contributed by atoms with E-state index in [9.17, 15) is 19.2 Å². The molecule has 2 N–H and O–H groups in total. The highest BCUT2D eigenvalue weighted by Gasteiger charge is 2.43. The zero-order valence-corrected chi connectivity index (χ0v) is 22.6. The third-order valence-corrected chi connectivity index (χ3v) is 7.07. The van der Waals surface area contributed by atoms with Crippen LogP contribution in [0.4, 0.5) is 5.69 Å². The van der Waals surface area contributed by atoms with Gasteiger partial charge in [-0.1, -0.05) is 69.1 Å². The van der Waals surface area contributed by atoms with Crippen LogP contribution in [0.3, 0.4) is 0 Å². The molecule has 0 spiro atoms. The second-order valence-electron chi connectivity index (χ2n) is 10.00. The van der Waals surface area contributed by atoms with Gasteiger partial charge < -0.3 is 5.32 Å². The molecule has 1 fully saturated rings. The summed E-state index contributed by atoms with van der Waals surface area (Å²) in [5.41, 5.74) is 3.22. The number of allylic oxidation sites excluding steroid dienone is 2. The van der Waals surface area contributed by atoms with E-state index in [0.29, 0.717) is 18.7 Å². The lowest BCUT2D eigenvalue weighted by molar-refractivity contribution is -0.128. The Labute approximate surface area is 225 Å². The Morgan fingerprint density at radius 2 is 1.79 bits per heavy atom. The zero-order valence-electron chi connectivity index (χ0n) is 22.6. The Bertz CT molecular complexity index is 1100. The van der Waals surface area contributed by atoms with Crippen molar-refractivity contribution in [2.24, 2.45) is 0 Å². The first kappa shape index (κ1) is 29.0. The molecular formula is C30H40N4O4. The van der Waals surface area contributed by atoms with Crippen LogP contribution in [0.15, 0.2) is 54.2 Å². The smallest absolute Gasteiger partial charge is 0.264 e. The summed E-state index contributed by atoms with van der Waals surface area (Å²) in [6.45, 7) is 11.6. The summed E-state index contributed by atoms with van der Waals surface area (Å²) in [6.07, 6.45) is 13.5. The van der Waals surface area contributed by atoms with Crippen LogP contribution in [0, 0.1) is 0 Å². The van der Waals surface area contributed by atoms with Crippen molar-refractivity contribution >= 4 is 29.8 Å². The van der Waals surface area contributed by atoms with Crippen LogP contribution >= 0.6 is 0 Å². The number of imide groups is 2. The van der Waals surface area contributed by atoms with E-state index >= 15 is 0 Å². The molecule has 8 nitrogen and oxygen atoms in total. The van der Waals surface area contributed by atoms with Gasteiger partial charge in [-0.3, -0.25) is 34.3 Å². The minimum atomic E-state index is -1.05. The van der Waals surface area contributed by atoms with Crippen molar-refractivity contribution in [2.45, 2.75) is 64.8 Å². The van der Waals surface area contributed by atoms with Crippen LogP contribution in [0.25, 0.3) is 0 Å². The molecule has 4 amide bonds. The number of likely N-dealkylation sites (tertiary alicyclic amines) is 1. The van der Waals surface area contributed by atoms with Crippen LogP contribution in [-0.4, -0.2) is 66.2 Å². The van der Waals surface area contributed by atoms with Gasteiger partial charge in [-0.25, -0.2) is 0 Å². The number of benzene rings is 1. The van der Waals surface area contributed by atoms with Gasteiger partial charge in [0.1, 0.15) is 6.04 Å². The molecule has 2 aliphatic rings. The molecule has 1 atom stereocenters. The van der Waals surface area contributed by atoms with Crippen LogP contribution in [0.2, 0.25) is 0 Å². The summed E-state index contributed by atoms with van der Waals surface area (Å²) in [5.74, 6) is -1.74. The fourth-order valence-corrected chi connectivity index (χ4v) is 5.06. The predicted molar refractivity (Wildman–Crippen MR) is 150 cm³/mol. The SMILES string of the molecule is C=C/C(=C\C=C(/C)CN1CCCCCCC1)CNc1cccc2c1C(=O)N(C(CCC)C(=O)NC=O)C2=O. The average Bonchev–Trinajstić information content (AvgIpc) is 3.14. The monoisotopic (exact) mass is 520 g/mol. The molecule has 1 unspecified atom stereocenters. The number of carbonyl (C=O) groups excluding carboxylic acids is 4. The number of carbonyl (C=O) groups is 4. The Balaban J connectivity index is 1.72. The van der Waals surface area contributed by atoms with Gasteiger partial charge in [-0.2, -0.15) is 0 Å². The number of nitrogens with one attached hydrogen (secondary N) is 2. The fourth-order valence-electron chi connectivity index (χ4n) is 5.06. The van der Waals surface area contributed by atoms with Gasteiger partial charge in [0.15, 0.2) is 0 Å². The molecule has 0 aliphatic carbocycles. The maximum atomic E-state index is 13.4. The Morgan fingerprint density at radius 1 is 1.08 bits per heavy atom. The van der Waals surface area contributed by atoms with E-state index in [-0.39, 0.29) is 24.0 Å². The number of fused-ring (bicyclic) bond motifs is 1.